The number of benzene rings is 4. The van der Waals surface area contributed by atoms with E-state index < -0.39 is 28.0 Å². The summed E-state index contributed by atoms with van der Waals surface area (Å²) in [6.07, 6.45) is 0.544. The Kier molecular flexibility index (Phi) is 9.33. The van der Waals surface area contributed by atoms with E-state index in [0.717, 1.165) is 11.1 Å². The molecule has 0 fully saturated rings. The summed E-state index contributed by atoms with van der Waals surface area (Å²) in [6, 6.07) is 26.6. The second-order valence-electron chi connectivity index (χ2n) is 9.87. The Bertz CT molecular complexity index is 1410. The Morgan fingerprint density at radius 2 is 1.48 bits per heavy atom. The summed E-state index contributed by atoms with van der Waals surface area (Å²) in [5.41, 5.74) is 1.90. The van der Waals surface area contributed by atoms with Gasteiger partial charge in [-0.3, -0.25) is 9.69 Å². The van der Waals surface area contributed by atoms with Crippen molar-refractivity contribution in [3.63, 3.8) is 0 Å². The van der Waals surface area contributed by atoms with Crippen molar-refractivity contribution >= 4 is 17.4 Å². The highest BCUT2D eigenvalue weighted by Crippen LogP contribution is 2.39. The summed E-state index contributed by atoms with van der Waals surface area (Å²) < 4.78 is 49.4. The minimum absolute atomic E-state index is 0.0327. The predicted molar refractivity (Wildman–Crippen MR) is 152 cm³/mol. The van der Waals surface area contributed by atoms with Gasteiger partial charge in [-0.25, -0.2) is 13.2 Å². The molecule has 0 heterocycles. The van der Waals surface area contributed by atoms with Gasteiger partial charge in [-0.15, -0.1) is 0 Å². The molecule has 0 aliphatic carbocycles. The molecule has 0 aromatic heterocycles. The first-order chi connectivity index (χ1) is 19.1. The van der Waals surface area contributed by atoms with Crippen LogP contribution in [-0.4, -0.2) is 23.8 Å². The van der Waals surface area contributed by atoms with E-state index in [0.29, 0.717) is 30.9 Å². The van der Waals surface area contributed by atoms with Crippen molar-refractivity contribution in [2.45, 2.75) is 39.3 Å². The molecule has 4 aromatic carbocycles. The number of ketones is 1. The standard InChI is InChI=1S/C33H31ClF3NO2/c1-22-28(29(34)31(36)32(37)30(22)35)21-38(18-11-19-40-27-17-10-12-24(20-27)23(2)39)33(3,25-13-6-4-7-14-25)26-15-8-5-9-16-26/h4-10,12-17,20H,11,18-19,21H2,1-3H3. The number of Topliss-reactive ketones (excluding diaryl/α,β-unsaturated/α-hetero) is 1. The van der Waals surface area contributed by atoms with Crippen LogP contribution in [0.5, 0.6) is 5.75 Å². The van der Waals surface area contributed by atoms with Crippen molar-refractivity contribution in [1.29, 1.82) is 0 Å². The fourth-order valence-electron chi connectivity index (χ4n) is 4.93. The lowest BCUT2D eigenvalue weighted by Crippen LogP contribution is -2.45. The zero-order chi connectivity index (χ0) is 28.9. The molecule has 0 saturated carbocycles. The van der Waals surface area contributed by atoms with Crippen LogP contribution in [-0.2, 0) is 12.1 Å². The molecule has 0 spiro atoms. The van der Waals surface area contributed by atoms with Crippen LogP contribution in [0.15, 0.2) is 84.9 Å². The third kappa shape index (κ3) is 6.08. The molecule has 0 aliphatic rings. The molecule has 4 rings (SSSR count). The average molecular weight is 566 g/mol. The number of carbonyl (C=O) groups excluding carboxylic acids is 1. The fourth-order valence-corrected chi connectivity index (χ4v) is 5.22. The van der Waals surface area contributed by atoms with Crippen LogP contribution in [0, 0.1) is 24.4 Å². The van der Waals surface area contributed by atoms with Gasteiger partial charge in [0.1, 0.15) is 5.75 Å². The lowest BCUT2D eigenvalue weighted by atomic mass is 9.82. The monoisotopic (exact) mass is 565 g/mol. The molecule has 0 saturated heterocycles. The molecule has 0 unspecified atom stereocenters. The molecule has 0 bridgehead atoms. The minimum atomic E-state index is -1.58. The van der Waals surface area contributed by atoms with E-state index in [1.165, 1.54) is 13.8 Å². The van der Waals surface area contributed by atoms with Crippen molar-refractivity contribution in [1.82, 2.24) is 4.90 Å². The molecule has 4 aromatic rings. The van der Waals surface area contributed by atoms with Gasteiger partial charge in [0, 0.05) is 18.7 Å². The number of hydrogen-bond acceptors (Lipinski definition) is 3. The molecule has 0 amide bonds. The Hall–Kier alpha value is -3.61. The van der Waals surface area contributed by atoms with Gasteiger partial charge in [0.2, 0.25) is 0 Å². The van der Waals surface area contributed by atoms with Gasteiger partial charge in [-0.05, 0) is 61.6 Å². The SMILES string of the molecule is CC(=O)c1cccc(OCCCN(Cc2c(C)c(F)c(F)c(F)c2Cl)C(C)(c2ccccc2)c2ccccc2)c1. The first-order valence-corrected chi connectivity index (χ1v) is 13.4. The van der Waals surface area contributed by atoms with E-state index in [-0.39, 0.29) is 23.5 Å². The van der Waals surface area contributed by atoms with Gasteiger partial charge in [-0.2, -0.15) is 0 Å². The van der Waals surface area contributed by atoms with E-state index in [2.05, 4.69) is 4.90 Å². The van der Waals surface area contributed by atoms with E-state index in [1.807, 2.05) is 67.6 Å². The number of ether oxygens (including phenoxy) is 1. The molecule has 40 heavy (non-hydrogen) atoms. The lowest BCUT2D eigenvalue weighted by Gasteiger charge is -2.43. The molecule has 0 atom stereocenters. The third-order valence-corrected chi connectivity index (χ3v) is 7.75. The summed E-state index contributed by atoms with van der Waals surface area (Å²) in [5, 5.41) is -0.429. The Morgan fingerprint density at radius 1 is 0.875 bits per heavy atom. The van der Waals surface area contributed by atoms with Gasteiger partial charge in [-0.1, -0.05) is 84.4 Å². The highest BCUT2D eigenvalue weighted by Gasteiger charge is 2.36. The van der Waals surface area contributed by atoms with Crippen molar-refractivity contribution < 1.29 is 22.7 Å². The van der Waals surface area contributed by atoms with Gasteiger partial charge < -0.3 is 4.74 Å². The van der Waals surface area contributed by atoms with Crippen LogP contribution in [0.2, 0.25) is 5.02 Å². The quantitative estimate of drug-likeness (QED) is 0.0790. The van der Waals surface area contributed by atoms with E-state index in [1.54, 1.807) is 24.3 Å². The normalized spacial score (nSPS) is 11.6. The number of hydrogen-bond donors (Lipinski definition) is 0. The van der Waals surface area contributed by atoms with Crippen LogP contribution in [0.3, 0.4) is 0 Å². The summed E-state index contributed by atoms with van der Waals surface area (Å²) in [5.74, 6) is -3.69. The minimum Gasteiger partial charge on any atom is -0.494 e. The third-order valence-electron chi connectivity index (χ3n) is 7.36. The second-order valence-corrected chi connectivity index (χ2v) is 10.2. The van der Waals surface area contributed by atoms with E-state index in [9.17, 15) is 18.0 Å². The first-order valence-electron chi connectivity index (χ1n) is 13.1. The zero-order valence-corrected chi connectivity index (χ0v) is 23.4. The predicted octanol–water partition coefficient (Wildman–Crippen LogP) is 8.50. The Balaban J connectivity index is 1.71. The average Bonchev–Trinajstić information content (AvgIpc) is 2.99. The summed E-state index contributed by atoms with van der Waals surface area (Å²) in [6.45, 7) is 5.79. The van der Waals surface area contributed by atoms with Crippen LogP contribution >= 0.6 is 11.6 Å². The van der Waals surface area contributed by atoms with Gasteiger partial charge in [0.25, 0.3) is 0 Å². The van der Waals surface area contributed by atoms with Crippen LogP contribution in [0.25, 0.3) is 0 Å². The maximum atomic E-state index is 14.7. The molecular weight excluding hydrogens is 535 g/mol. The zero-order valence-electron chi connectivity index (χ0n) is 22.7. The largest absolute Gasteiger partial charge is 0.494 e. The number of nitrogens with zero attached hydrogens (tertiary/aromatic N) is 1. The number of carbonyl (C=O) groups is 1. The van der Waals surface area contributed by atoms with Crippen molar-refractivity contribution in [2.75, 3.05) is 13.2 Å². The molecule has 0 N–H and O–H groups in total. The van der Waals surface area contributed by atoms with Crippen LogP contribution < -0.4 is 4.74 Å². The Morgan fingerprint density at radius 3 is 2.05 bits per heavy atom. The summed E-state index contributed by atoms with van der Waals surface area (Å²) in [7, 11) is 0. The van der Waals surface area contributed by atoms with Gasteiger partial charge in [0.05, 0.1) is 17.2 Å². The highest BCUT2D eigenvalue weighted by atomic mass is 35.5. The number of halogens is 4. The van der Waals surface area contributed by atoms with Gasteiger partial charge in [0.15, 0.2) is 23.2 Å². The molecule has 3 nitrogen and oxygen atoms in total. The van der Waals surface area contributed by atoms with Gasteiger partial charge >= 0.3 is 0 Å². The first kappa shape index (κ1) is 29.4. The summed E-state index contributed by atoms with van der Waals surface area (Å²) >= 11 is 6.28. The molecule has 7 heteroatoms. The smallest absolute Gasteiger partial charge is 0.196 e. The van der Waals surface area contributed by atoms with E-state index in [4.69, 9.17) is 16.3 Å². The van der Waals surface area contributed by atoms with Crippen molar-refractivity contribution in [2.24, 2.45) is 0 Å². The number of rotatable bonds is 11. The molecule has 0 aliphatic heterocycles. The van der Waals surface area contributed by atoms with Crippen molar-refractivity contribution in [3.05, 3.63) is 135 Å². The maximum Gasteiger partial charge on any atom is 0.196 e. The lowest BCUT2D eigenvalue weighted by molar-refractivity contribution is 0.101. The Labute approximate surface area is 238 Å². The highest BCUT2D eigenvalue weighted by molar-refractivity contribution is 6.31. The van der Waals surface area contributed by atoms with E-state index >= 15 is 0 Å². The molecular formula is C33H31ClF3NO2. The topological polar surface area (TPSA) is 29.5 Å². The second kappa shape index (κ2) is 12.7. The van der Waals surface area contributed by atoms with Crippen LogP contribution in [0.1, 0.15) is 52.9 Å². The molecule has 208 valence electrons. The summed E-state index contributed by atoms with van der Waals surface area (Å²) in [4.78, 5) is 13.8. The maximum absolute atomic E-state index is 14.7. The molecule has 0 radical (unpaired) electrons. The fraction of sp³-hybridized carbons (Fsp3) is 0.242. The van der Waals surface area contributed by atoms with Crippen molar-refractivity contribution in [3.8, 4) is 5.75 Å². The van der Waals surface area contributed by atoms with Crippen LogP contribution in [0.4, 0.5) is 13.2 Å².